The maximum atomic E-state index is 12.4. The number of hydrogen-bond donors (Lipinski definition) is 2. The van der Waals surface area contributed by atoms with Gasteiger partial charge in [0.05, 0.1) is 0 Å². The summed E-state index contributed by atoms with van der Waals surface area (Å²) in [5.41, 5.74) is 0.273. The summed E-state index contributed by atoms with van der Waals surface area (Å²) in [6.07, 6.45) is 0.405. The molecule has 1 amide bonds. The van der Waals surface area contributed by atoms with Crippen molar-refractivity contribution in [3.05, 3.63) is 11.5 Å². The van der Waals surface area contributed by atoms with E-state index in [1.165, 1.54) is 14.0 Å². The van der Waals surface area contributed by atoms with E-state index in [0.717, 1.165) is 0 Å². The third-order valence-corrected chi connectivity index (χ3v) is 4.52. The fourth-order valence-electron chi connectivity index (χ4n) is 1.96. The maximum absolute atomic E-state index is 12.4. The van der Waals surface area contributed by atoms with Gasteiger partial charge in [-0.3, -0.25) is 4.79 Å². The van der Waals surface area contributed by atoms with Crippen LogP contribution < -0.4 is 10.0 Å². The first-order chi connectivity index (χ1) is 9.19. The molecule has 0 bridgehead atoms. The zero-order valence-electron chi connectivity index (χ0n) is 12.4. The summed E-state index contributed by atoms with van der Waals surface area (Å²) in [6, 6.07) is -0.821. The highest BCUT2D eigenvalue weighted by Crippen LogP contribution is 2.19. The van der Waals surface area contributed by atoms with Crippen LogP contribution in [0.1, 0.15) is 31.7 Å². The number of aryl methyl sites for hydroxylation is 2. The number of nitrogens with zero attached hydrogens (tertiary/aromatic N) is 1. The second-order valence-electron chi connectivity index (χ2n) is 5.07. The molecule has 7 nitrogen and oxygen atoms in total. The van der Waals surface area contributed by atoms with Crippen LogP contribution in [0.25, 0.3) is 0 Å². The summed E-state index contributed by atoms with van der Waals surface area (Å²) < 4.78 is 32.0. The standard InChI is InChI=1S/C12H21N3O4S/c1-7(2)6-10(12(16)13-5)15-20(17,18)11-8(3)14-19-9(11)4/h7,10,15H,6H2,1-5H3,(H,13,16)/t10-/m1/s1. The molecule has 0 saturated carbocycles. The van der Waals surface area contributed by atoms with Gasteiger partial charge >= 0.3 is 0 Å². The zero-order valence-corrected chi connectivity index (χ0v) is 13.2. The van der Waals surface area contributed by atoms with Crippen molar-refractivity contribution < 1.29 is 17.7 Å². The van der Waals surface area contributed by atoms with E-state index in [9.17, 15) is 13.2 Å². The van der Waals surface area contributed by atoms with Crippen LogP contribution in [-0.2, 0) is 14.8 Å². The lowest BCUT2D eigenvalue weighted by molar-refractivity contribution is -0.122. The number of nitrogens with one attached hydrogen (secondary N) is 2. The molecule has 1 rings (SSSR count). The van der Waals surface area contributed by atoms with Crippen molar-refractivity contribution in [2.75, 3.05) is 7.05 Å². The van der Waals surface area contributed by atoms with Gasteiger partial charge in [0, 0.05) is 7.05 Å². The Morgan fingerprint density at radius 1 is 1.35 bits per heavy atom. The van der Waals surface area contributed by atoms with Crippen LogP contribution >= 0.6 is 0 Å². The second-order valence-corrected chi connectivity index (χ2v) is 6.72. The Balaban J connectivity index is 3.06. The minimum atomic E-state index is -3.85. The Hall–Kier alpha value is -1.41. The molecule has 0 unspecified atom stereocenters. The smallest absolute Gasteiger partial charge is 0.246 e. The molecule has 0 aliphatic carbocycles. The average molecular weight is 303 g/mol. The van der Waals surface area contributed by atoms with Crippen molar-refractivity contribution >= 4 is 15.9 Å². The lowest BCUT2D eigenvalue weighted by Crippen LogP contribution is -2.46. The van der Waals surface area contributed by atoms with Gasteiger partial charge in [-0.1, -0.05) is 19.0 Å². The van der Waals surface area contributed by atoms with E-state index in [0.29, 0.717) is 6.42 Å². The maximum Gasteiger partial charge on any atom is 0.246 e. The number of rotatable bonds is 6. The van der Waals surface area contributed by atoms with Gasteiger partial charge in [0.25, 0.3) is 0 Å². The summed E-state index contributed by atoms with van der Waals surface area (Å²) in [6.45, 7) is 6.90. The SMILES string of the molecule is CNC(=O)[C@@H](CC(C)C)NS(=O)(=O)c1c(C)noc1C. The first kappa shape index (κ1) is 16.6. The molecule has 0 spiro atoms. The topological polar surface area (TPSA) is 101 Å². The van der Waals surface area contributed by atoms with Crippen molar-refractivity contribution in [2.45, 2.75) is 45.1 Å². The molecule has 0 aliphatic heterocycles. The molecule has 1 atom stereocenters. The lowest BCUT2D eigenvalue weighted by Gasteiger charge is -2.18. The van der Waals surface area contributed by atoms with Crippen LogP contribution in [-0.4, -0.2) is 32.6 Å². The Morgan fingerprint density at radius 2 is 1.95 bits per heavy atom. The quantitative estimate of drug-likeness (QED) is 0.806. The molecule has 0 fully saturated rings. The van der Waals surface area contributed by atoms with Crippen molar-refractivity contribution in [1.29, 1.82) is 0 Å². The first-order valence-electron chi connectivity index (χ1n) is 6.35. The molecule has 8 heteroatoms. The predicted molar refractivity (Wildman–Crippen MR) is 73.6 cm³/mol. The fourth-order valence-corrected chi connectivity index (χ4v) is 3.50. The average Bonchev–Trinajstić information content (AvgIpc) is 2.66. The van der Waals surface area contributed by atoms with E-state index in [1.807, 2.05) is 13.8 Å². The minimum absolute atomic E-state index is 0.00448. The van der Waals surface area contributed by atoms with Crippen LogP contribution in [0.15, 0.2) is 9.42 Å². The van der Waals surface area contributed by atoms with Gasteiger partial charge in [0.15, 0.2) is 5.76 Å². The molecule has 0 saturated heterocycles. The zero-order chi connectivity index (χ0) is 15.5. The fraction of sp³-hybridized carbons (Fsp3) is 0.667. The van der Waals surface area contributed by atoms with E-state index in [4.69, 9.17) is 4.52 Å². The van der Waals surface area contributed by atoms with Gasteiger partial charge in [0.2, 0.25) is 15.9 Å². The van der Waals surface area contributed by atoms with Gasteiger partial charge in [-0.2, -0.15) is 4.72 Å². The van der Waals surface area contributed by atoms with Gasteiger partial charge in [-0.15, -0.1) is 0 Å². The summed E-state index contributed by atoms with van der Waals surface area (Å²) in [5, 5.41) is 6.08. The number of carbonyl (C=O) groups excluding carboxylic acids is 1. The van der Waals surface area contributed by atoms with Crippen molar-refractivity contribution in [2.24, 2.45) is 5.92 Å². The molecule has 0 aliphatic rings. The number of likely N-dealkylation sites (N-methyl/N-ethyl adjacent to an activating group) is 1. The minimum Gasteiger partial charge on any atom is -0.360 e. The molecule has 0 radical (unpaired) electrons. The second kappa shape index (κ2) is 6.36. The summed E-state index contributed by atoms with van der Waals surface area (Å²) in [7, 11) is -2.37. The van der Waals surface area contributed by atoms with Gasteiger partial charge in [0.1, 0.15) is 16.6 Å². The molecule has 1 aromatic rings. The van der Waals surface area contributed by atoms with Crippen molar-refractivity contribution in [3.8, 4) is 0 Å². The van der Waals surface area contributed by atoms with Gasteiger partial charge in [-0.05, 0) is 26.2 Å². The number of hydrogen-bond acceptors (Lipinski definition) is 5. The summed E-state index contributed by atoms with van der Waals surface area (Å²) >= 11 is 0. The summed E-state index contributed by atoms with van der Waals surface area (Å²) in [5.74, 6) is 0.00825. The molecule has 1 heterocycles. The summed E-state index contributed by atoms with van der Waals surface area (Å²) in [4.78, 5) is 11.8. The third-order valence-electron chi connectivity index (χ3n) is 2.80. The van der Waals surface area contributed by atoms with E-state index >= 15 is 0 Å². The van der Waals surface area contributed by atoms with Crippen LogP contribution in [0.2, 0.25) is 0 Å². The number of aromatic nitrogens is 1. The third kappa shape index (κ3) is 3.80. The van der Waals surface area contributed by atoms with E-state index in [2.05, 4.69) is 15.2 Å². The molecule has 1 aromatic heterocycles. The molecule has 2 N–H and O–H groups in total. The van der Waals surface area contributed by atoms with Crippen LogP contribution in [0.4, 0.5) is 0 Å². The van der Waals surface area contributed by atoms with Crippen LogP contribution in [0.3, 0.4) is 0 Å². The number of amides is 1. The molecular weight excluding hydrogens is 282 g/mol. The molecule has 0 aromatic carbocycles. The Labute approximate surface area is 119 Å². The Morgan fingerprint density at radius 3 is 2.35 bits per heavy atom. The molecule has 20 heavy (non-hydrogen) atoms. The van der Waals surface area contributed by atoms with E-state index < -0.39 is 16.1 Å². The normalized spacial score (nSPS) is 13.5. The highest BCUT2D eigenvalue weighted by molar-refractivity contribution is 7.89. The monoisotopic (exact) mass is 303 g/mol. The van der Waals surface area contributed by atoms with Crippen molar-refractivity contribution in [1.82, 2.24) is 15.2 Å². The van der Waals surface area contributed by atoms with Crippen LogP contribution in [0, 0.1) is 19.8 Å². The lowest BCUT2D eigenvalue weighted by atomic mass is 10.0. The highest BCUT2D eigenvalue weighted by atomic mass is 32.2. The van der Waals surface area contributed by atoms with Crippen molar-refractivity contribution in [3.63, 3.8) is 0 Å². The molecular formula is C12H21N3O4S. The highest BCUT2D eigenvalue weighted by Gasteiger charge is 2.30. The predicted octanol–water partition coefficient (Wildman–Crippen LogP) is 0.730. The van der Waals surface area contributed by atoms with E-state index in [1.54, 1.807) is 6.92 Å². The Bertz CT molecular complexity index is 558. The van der Waals surface area contributed by atoms with Gasteiger partial charge < -0.3 is 9.84 Å². The van der Waals surface area contributed by atoms with E-state index in [-0.39, 0.29) is 28.2 Å². The van der Waals surface area contributed by atoms with Gasteiger partial charge in [-0.25, -0.2) is 8.42 Å². The Kier molecular flexibility index (Phi) is 5.29. The first-order valence-corrected chi connectivity index (χ1v) is 7.84. The molecule has 114 valence electrons. The van der Waals surface area contributed by atoms with Crippen LogP contribution in [0.5, 0.6) is 0 Å². The number of sulfonamides is 1. The number of carbonyl (C=O) groups is 1. The largest absolute Gasteiger partial charge is 0.360 e.